The van der Waals surface area contributed by atoms with E-state index in [0.717, 1.165) is 0 Å². The molecule has 0 aliphatic carbocycles. The molecule has 0 atom stereocenters. The number of benzene rings is 2. The van der Waals surface area contributed by atoms with E-state index in [1.807, 2.05) is 24.3 Å². The Morgan fingerprint density at radius 1 is 1.05 bits per heavy atom. The number of ether oxygens (including phenoxy) is 1. The van der Waals surface area contributed by atoms with Crippen molar-refractivity contribution in [1.82, 2.24) is 9.97 Å². The molecule has 0 bridgehead atoms. The standard InChI is InChI=1S/C15H12FN3O/c1-9-8-10(6-7-11(9)16)20-15-14(17)18-12-4-2-3-5-13(12)19-15/h2-8H,1H3,(H2,17,18). The van der Waals surface area contributed by atoms with Crippen molar-refractivity contribution in [3.63, 3.8) is 0 Å². The van der Waals surface area contributed by atoms with Gasteiger partial charge in [-0.15, -0.1) is 0 Å². The molecule has 0 unspecified atom stereocenters. The molecule has 2 aromatic carbocycles. The van der Waals surface area contributed by atoms with Crippen molar-refractivity contribution in [3.8, 4) is 11.6 Å². The molecule has 0 aliphatic heterocycles. The summed E-state index contributed by atoms with van der Waals surface area (Å²) < 4.78 is 18.8. The number of nitrogens with zero attached hydrogens (tertiary/aromatic N) is 2. The van der Waals surface area contributed by atoms with E-state index in [4.69, 9.17) is 10.5 Å². The zero-order valence-electron chi connectivity index (χ0n) is 10.8. The molecule has 2 N–H and O–H groups in total. The lowest BCUT2D eigenvalue weighted by atomic mass is 10.2. The first-order valence-corrected chi connectivity index (χ1v) is 6.10. The molecule has 0 fully saturated rings. The Hall–Kier alpha value is -2.69. The molecule has 0 spiro atoms. The Bertz CT molecular complexity index is 789. The molecule has 0 amide bonds. The molecule has 0 radical (unpaired) electrons. The van der Waals surface area contributed by atoms with E-state index in [9.17, 15) is 4.39 Å². The van der Waals surface area contributed by atoms with Crippen LogP contribution in [0.4, 0.5) is 10.2 Å². The summed E-state index contributed by atoms with van der Waals surface area (Å²) in [6, 6.07) is 11.8. The van der Waals surface area contributed by atoms with Crippen LogP contribution in [0.2, 0.25) is 0 Å². The number of aromatic nitrogens is 2. The summed E-state index contributed by atoms with van der Waals surface area (Å²) in [7, 11) is 0. The van der Waals surface area contributed by atoms with Gasteiger partial charge in [-0.25, -0.2) is 14.4 Å². The Balaban J connectivity index is 2.01. The van der Waals surface area contributed by atoms with Crippen LogP contribution in [0.5, 0.6) is 11.6 Å². The van der Waals surface area contributed by atoms with E-state index in [2.05, 4.69) is 9.97 Å². The van der Waals surface area contributed by atoms with E-state index >= 15 is 0 Å². The molecule has 0 saturated carbocycles. The SMILES string of the molecule is Cc1cc(Oc2nc3ccccc3nc2N)ccc1F. The average molecular weight is 269 g/mol. The minimum Gasteiger partial charge on any atom is -0.436 e. The molecule has 5 heteroatoms. The van der Waals surface area contributed by atoms with Gasteiger partial charge in [0, 0.05) is 0 Å². The van der Waals surface area contributed by atoms with Gasteiger partial charge in [0.15, 0.2) is 5.82 Å². The van der Waals surface area contributed by atoms with E-state index in [0.29, 0.717) is 22.3 Å². The fourth-order valence-corrected chi connectivity index (χ4v) is 1.86. The second-order valence-electron chi connectivity index (χ2n) is 4.42. The molecule has 1 aromatic heterocycles. The van der Waals surface area contributed by atoms with Crippen LogP contribution in [-0.2, 0) is 0 Å². The van der Waals surface area contributed by atoms with Crippen molar-refractivity contribution in [3.05, 3.63) is 53.8 Å². The number of nitrogens with two attached hydrogens (primary N) is 1. The smallest absolute Gasteiger partial charge is 0.263 e. The van der Waals surface area contributed by atoms with Crippen LogP contribution in [0.3, 0.4) is 0 Å². The molecule has 20 heavy (non-hydrogen) atoms. The zero-order chi connectivity index (χ0) is 14.1. The van der Waals surface area contributed by atoms with Gasteiger partial charge in [-0.05, 0) is 42.8 Å². The summed E-state index contributed by atoms with van der Waals surface area (Å²) in [4.78, 5) is 8.55. The van der Waals surface area contributed by atoms with E-state index in [1.54, 1.807) is 13.0 Å². The number of hydrogen-bond acceptors (Lipinski definition) is 4. The fraction of sp³-hybridized carbons (Fsp3) is 0.0667. The second kappa shape index (κ2) is 4.77. The van der Waals surface area contributed by atoms with E-state index in [-0.39, 0.29) is 17.5 Å². The highest BCUT2D eigenvalue weighted by atomic mass is 19.1. The lowest BCUT2D eigenvalue weighted by molar-refractivity contribution is 0.463. The van der Waals surface area contributed by atoms with Crippen LogP contribution < -0.4 is 10.5 Å². The lowest BCUT2D eigenvalue weighted by Gasteiger charge is -2.08. The van der Waals surface area contributed by atoms with Crippen molar-refractivity contribution >= 4 is 16.9 Å². The third-order valence-electron chi connectivity index (χ3n) is 2.91. The minimum atomic E-state index is -0.282. The van der Waals surface area contributed by atoms with Crippen molar-refractivity contribution in [2.75, 3.05) is 5.73 Å². The summed E-state index contributed by atoms with van der Waals surface area (Å²) in [6.07, 6.45) is 0. The zero-order valence-corrected chi connectivity index (χ0v) is 10.8. The Kier molecular flexibility index (Phi) is 2.95. The van der Waals surface area contributed by atoms with E-state index < -0.39 is 0 Å². The Labute approximate surface area is 115 Å². The van der Waals surface area contributed by atoms with Gasteiger partial charge >= 0.3 is 0 Å². The maximum absolute atomic E-state index is 13.2. The van der Waals surface area contributed by atoms with Crippen LogP contribution >= 0.6 is 0 Å². The average Bonchev–Trinajstić information content (AvgIpc) is 2.44. The van der Waals surface area contributed by atoms with E-state index in [1.165, 1.54) is 12.1 Å². The Morgan fingerprint density at radius 3 is 2.45 bits per heavy atom. The molecule has 0 aliphatic rings. The lowest BCUT2D eigenvalue weighted by Crippen LogP contribution is -1.99. The quantitative estimate of drug-likeness (QED) is 0.774. The number of hydrogen-bond donors (Lipinski definition) is 1. The number of aryl methyl sites for hydroxylation is 1. The number of fused-ring (bicyclic) bond motifs is 1. The molecular formula is C15H12FN3O. The van der Waals surface area contributed by atoms with Gasteiger partial charge in [0.05, 0.1) is 11.0 Å². The summed E-state index contributed by atoms with van der Waals surface area (Å²) in [5.41, 5.74) is 7.72. The summed E-state index contributed by atoms with van der Waals surface area (Å²) in [5.74, 6) is 0.607. The van der Waals surface area contributed by atoms with Crippen molar-refractivity contribution in [2.45, 2.75) is 6.92 Å². The van der Waals surface area contributed by atoms with Gasteiger partial charge in [0.1, 0.15) is 11.6 Å². The number of rotatable bonds is 2. The van der Waals surface area contributed by atoms with Crippen molar-refractivity contribution in [2.24, 2.45) is 0 Å². The highest BCUT2D eigenvalue weighted by molar-refractivity contribution is 5.76. The van der Waals surface area contributed by atoms with Crippen LogP contribution in [0.25, 0.3) is 11.0 Å². The van der Waals surface area contributed by atoms with Gasteiger partial charge in [0.2, 0.25) is 0 Å². The molecule has 1 heterocycles. The first-order chi connectivity index (χ1) is 9.63. The molecule has 3 aromatic rings. The number of anilines is 1. The summed E-state index contributed by atoms with van der Waals surface area (Å²) in [6.45, 7) is 1.66. The Morgan fingerprint density at radius 2 is 1.75 bits per heavy atom. The first-order valence-electron chi connectivity index (χ1n) is 6.10. The molecule has 4 nitrogen and oxygen atoms in total. The molecule has 3 rings (SSSR count). The maximum Gasteiger partial charge on any atom is 0.263 e. The highest BCUT2D eigenvalue weighted by Crippen LogP contribution is 2.27. The van der Waals surface area contributed by atoms with Gasteiger partial charge in [-0.1, -0.05) is 12.1 Å². The third kappa shape index (κ3) is 2.25. The van der Waals surface area contributed by atoms with Crippen LogP contribution in [0, 0.1) is 12.7 Å². The number of nitrogen functional groups attached to an aromatic ring is 1. The second-order valence-corrected chi connectivity index (χ2v) is 4.42. The summed E-state index contributed by atoms with van der Waals surface area (Å²) in [5, 5.41) is 0. The van der Waals surface area contributed by atoms with Gasteiger partial charge in [-0.3, -0.25) is 0 Å². The number of halogens is 1. The minimum absolute atomic E-state index is 0.200. The first kappa shape index (κ1) is 12.3. The normalized spacial score (nSPS) is 10.7. The highest BCUT2D eigenvalue weighted by Gasteiger charge is 2.09. The van der Waals surface area contributed by atoms with Crippen LogP contribution in [-0.4, -0.2) is 9.97 Å². The molecule has 0 saturated heterocycles. The van der Waals surface area contributed by atoms with Gasteiger partial charge in [-0.2, -0.15) is 0 Å². The topological polar surface area (TPSA) is 61.0 Å². The molecule has 100 valence electrons. The van der Waals surface area contributed by atoms with Crippen LogP contribution in [0.15, 0.2) is 42.5 Å². The fourth-order valence-electron chi connectivity index (χ4n) is 1.86. The maximum atomic E-state index is 13.2. The van der Waals surface area contributed by atoms with Crippen LogP contribution in [0.1, 0.15) is 5.56 Å². The largest absolute Gasteiger partial charge is 0.436 e. The van der Waals surface area contributed by atoms with Crippen molar-refractivity contribution < 1.29 is 9.13 Å². The molecular weight excluding hydrogens is 257 g/mol. The predicted octanol–water partition coefficient (Wildman–Crippen LogP) is 3.45. The predicted molar refractivity (Wildman–Crippen MR) is 75.2 cm³/mol. The summed E-state index contributed by atoms with van der Waals surface area (Å²) >= 11 is 0. The monoisotopic (exact) mass is 269 g/mol. The van der Waals surface area contributed by atoms with Gasteiger partial charge < -0.3 is 10.5 Å². The van der Waals surface area contributed by atoms with Gasteiger partial charge in [0.25, 0.3) is 5.88 Å². The third-order valence-corrected chi connectivity index (χ3v) is 2.91. The van der Waals surface area contributed by atoms with Crippen molar-refractivity contribution in [1.29, 1.82) is 0 Å². The number of para-hydroxylation sites is 2.